The van der Waals surface area contributed by atoms with E-state index in [0.29, 0.717) is 16.7 Å². The fourth-order valence-corrected chi connectivity index (χ4v) is 2.76. The van der Waals surface area contributed by atoms with Crippen molar-refractivity contribution < 1.29 is 14.5 Å². The maximum absolute atomic E-state index is 12.2. The molecule has 2 N–H and O–H groups in total. The average molecular weight is 317 g/mol. The van der Waals surface area contributed by atoms with Crippen molar-refractivity contribution in [1.82, 2.24) is 4.98 Å². The second-order valence-corrected chi connectivity index (χ2v) is 5.94. The van der Waals surface area contributed by atoms with Crippen molar-refractivity contribution in [3.05, 3.63) is 52.8 Å². The van der Waals surface area contributed by atoms with E-state index in [0.717, 1.165) is 5.56 Å². The number of carbonyl (C=O) groups is 1. The van der Waals surface area contributed by atoms with Gasteiger partial charge in [-0.05, 0) is 49.1 Å². The summed E-state index contributed by atoms with van der Waals surface area (Å²) in [7, 11) is -0.996. The van der Waals surface area contributed by atoms with Gasteiger partial charge in [0.1, 0.15) is 5.15 Å². The number of amides is 1. The van der Waals surface area contributed by atoms with E-state index in [9.17, 15) is 9.82 Å². The highest BCUT2D eigenvalue weighted by Crippen LogP contribution is 2.30. The number of carbonyl (C=O) groups excluding carboxylic acids is 1. The van der Waals surface area contributed by atoms with Crippen molar-refractivity contribution in [1.29, 1.82) is 0 Å². The minimum atomic E-state index is -0.996. The van der Waals surface area contributed by atoms with Crippen LogP contribution in [0.15, 0.2) is 36.5 Å². The summed E-state index contributed by atoms with van der Waals surface area (Å²) in [5, 5.41) is 12.9. The highest BCUT2D eigenvalue weighted by molar-refractivity contribution is 6.62. The van der Waals surface area contributed by atoms with Crippen LogP contribution in [0.3, 0.4) is 0 Å². The number of rotatable bonds is 2. The Kier molecular flexibility index (Phi) is 3.68. The Morgan fingerprint density at radius 1 is 1.41 bits per heavy atom. The quantitative estimate of drug-likeness (QED) is 0.656. The first-order chi connectivity index (χ1) is 10.4. The largest absolute Gasteiger partial charge is 0.492 e. The lowest BCUT2D eigenvalue weighted by molar-refractivity contribution is 0.100. The van der Waals surface area contributed by atoms with Crippen molar-refractivity contribution in [3.8, 4) is 0 Å². The molecule has 7 heteroatoms. The lowest BCUT2D eigenvalue weighted by atomic mass is 9.78. The van der Waals surface area contributed by atoms with Crippen molar-refractivity contribution in [2.45, 2.75) is 19.4 Å². The molecule has 2 aromatic rings. The fraction of sp³-hybridized carbons (Fsp3) is 0.200. The van der Waals surface area contributed by atoms with Crippen LogP contribution in [-0.4, -0.2) is 23.0 Å². The molecule has 1 aromatic carbocycles. The Morgan fingerprint density at radius 3 is 2.91 bits per heavy atom. The third-order valence-electron chi connectivity index (χ3n) is 3.63. The van der Waals surface area contributed by atoms with E-state index in [4.69, 9.17) is 16.3 Å². The van der Waals surface area contributed by atoms with Gasteiger partial charge in [0.05, 0.1) is 11.2 Å². The summed E-state index contributed by atoms with van der Waals surface area (Å²) in [5.41, 5.74) is 1.85. The Labute approximate surface area is 133 Å². The highest BCUT2D eigenvalue weighted by atomic mass is 35.5. The number of hydrogen-bond donors (Lipinski definition) is 2. The Balaban J connectivity index is 1.88. The van der Waals surface area contributed by atoms with Gasteiger partial charge in [0.2, 0.25) is 0 Å². The number of fused-ring (bicyclic) bond motifs is 1. The van der Waals surface area contributed by atoms with Gasteiger partial charge in [0.15, 0.2) is 0 Å². The van der Waals surface area contributed by atoms with Crippen LogP contribution in [-0.2, 0) is 10.3 Å². The minimum Gasteiger partial charge on any atom is -0.423 e. The van der Waals surface area contributed by atoms with Crippen molar-refractivity contribution in [2.24, 2.45) is 0 Å². The highest BCUT2D eigenvalue weighted by Gasteiger charge is 2.40. The summed E-state index contributed by atoms with van der Waals surface area (Å²) in [6, 6.07) is 8.55. The van der Waals surface area contributed by atoms with Crippen LogP contribution in [0, 0.1) is 0 Å². The molecule has 0 radical (unpaired) electrons. The van der Waals surface area contributed by atoms with Crippen LogP contribution in [0.1, 0.15) is 29.8 Å². The lowest BCUT2D eigenvalue weighted by Crippen LogP contribution is -2.29. The van der Waals surface area contributed by atoms with E-state index in [2.05, 4.69) is 10.3 Å². The van der Waals surface area contributed by atoms with Gasteiger partial charge in [-0.1, -0.05) is 17.7 Å². The maximum atomic E-state index is 12.2. The number of benzene rings is 1. The summed E-state index contributed by atoms with van der Waals surface area (Å²) < 4.78 is 5.49. The average Bonchev–Trinajstić information content (AvgIpc) is 2.69. The Morgan fingerprint density at radius 2 is 2.18 bits per heavy atom. The second kappa shape index (κ2) is 5.39. The SMILES string of the molecule is CC1(C)OB(O)c2cc(NC(=O)c3cccnc3Cl)ccc21. The molecule has 112 valence electrons. The van der Waals surface area contributed by atoms with E-state index < -0.39 is 12.7 Å². The summed E-state index contributed by atoms with van der Waals surface area (Å²) >= 11 is 5.91. The molecule has 0 spiro atoms. The molecule has 0 saturated heterocycles. The van der Waals surface area contributed by atoms with Crippen LogP contribution in [0.2, 0.25) is 5.15 Å². The molecule has 0 aliphatic carbocycles. The molecule has 1 aliphatic rings. The molecule has 0 bridgehead atoms. The van der Waals surface area contributed by atoms with Crippen LogP contribution in [0.4, 0.5) is 5.69 Å². The van der Waals surface area contributed by atoms with Crippen LogP contribution in [0.5, 0.6) is 0 Å². The zero-order chi connectivity index (χ0) is 15.9. The topological polar surface area (TPSA) is 71.5 Å². The number of aromatic nitrogens is 1. The number of nitrogens with zero attached hydrogens (tertiary/aromatic N) is 1. The summed E-state index contributed by atoms with van der Waals surface area (Å²) in [5.74, 6) is -0.356. The second-order valence-electron chi connectivity index (χ2n) is 5.58. The van der Waals surface area contributed by atoms with Gasteiger partial charge < -0.3 is 15.0 Å². The standard InChI is InChI=1S/C15H14BClN2O3/c1-15(2)11-6-5-9(8-12(11)16(21)22-15)19-14(20)10-4-3-7-18-13(10)17/h3-8,21H,1-2H3,(H,19,20). The van der Waals surface area contributed by atoms with E-state index >= 15 is 0 Å². The van der Waals surface area contributed by atoms with Gasteiger partial charge in [-0.2, -0.15) is 0 Å². The van der Waals surface area contributed by atoms with Crippen molar-refractivity contribution in [3.63, 3.8) is 0 Å². The molecule has 0 atom stereocenters. The molecule has 3 rings (SSSR count). The molecule has 1 aromatic heterocycles. The van der Waals surface area contributed by atoms with Crippen LogP contribution in [0.25, 0.3) is 0 Å². The zero-order valence-electron chi connectivity index (χ0n) is 12.1. The van der Waals surface area contributed by atoms with E-state index in [1.54, 1.807) is 24.3 Å². The molecule has 0 fully saturated rings. The Hall–Kier alpha value is -1.89. The van der Waals surface area contributed by atoms with E-state index in [1.165, 1.54) is 6.20 Å². The van der Waals surface area contributed by atoms with E-state index in [1.807, 2.05) is 19.9 Å². The first-order valence-electron chi connectivity index (χ1n) is 6.80. The molecular weight excluding hydrogens is 302 g/mol. The van der Waals surface area contributed by atoms with Gasteiger partial charge in [-0.3, -0.25) is 4.79 Å². The van der Waals surface area contributed by atoms with Crippen LogP contribution >= 0.6 is 11.6 Å². The summed E-state index contributed by atoms with van der Waals surface area (Å²) in [6.45, 7) is 3.77. The lowest BCUT2D eigenvalue weighted by Gasteiger charge is -2.19. The molecule has 0 saturated carbocycles. The van der Waals surface area contributed by atoms with Gasteiger partial charge >= 0.3 is 7.12 Å². The number of nitrogens with one attached hydrogen (secondary N) is 1. The minimum absolute atomic E-state index is 0.144. The molecular formula is C15H14BClN2O3. The smallest absolute Gasteiger partial charge is 0.423 e. The molecule has 1 amide bonds. The van der Waals surface area contributed by atoms with Crippen molar-refractivity contribution in [2.75, 3.05) is 5.32 Å². The predicted molar refractivity (Wildman–Crippen MR) is 85.4 cm³/mol. The normalized spacial score (nSPS) is 15.5. The first-order valence-corrected chi connectivity index (χ1v) is 7.18. The van der Waals surface area contributed by atoms with Gasteiger partial charge in [0.25, 0.3) is 5.91 Å². The number of anilines is 1. The number of pyridine rings is 1. The predicted octanol–water partition coefficient (Wildman–Crippen LogP) is 1.94. The third kappa shape index (κ3) is 2.61. The monoisotopic (exact) mass is 316 g/mol. The van der Waals surface area contributed by atoms with Gasteiger partial charge in [-0.15, -0.1) is 0 Å². The zero-order valence-corrected chi connectivity index (χ0v) is 12.9. The molecule has 5 nitrogen and oxygen atoms in total. The molecule has 22 heavy (non-hydrogen) atoms. The fourth-order valence-electron chi connectivity index (χ4n) is 2.55. The van der Waals surface area contributed by atoms with E-state index in [-0.39, 0.29) is 11.1 Å². The van der Waals surface area contributed by atoms with Crippen LogP contribution < -0.4 is 10.8 Å². The maximum Gasteiger partial charge on any atom is 0.492 e. The summed E-state index contributed by atoms with van der Waals surface area (Å²) in [6.07, 6.45) is 1.52. The summed E-state index contributed by atoms with van der Waals surface area (Å²) in [4.78, 5) is 16.1. The Bertz CT molecular complexity index is 751. The molecule has 1 aliphatic heterocycles. The number of halogens is 1. The van der Waals surface area contributed by atoms with Gasteiger partial charge in [-0.25, -0.2) is 4.98 Å². The number of hydrogen-bond acceptors (Lipinski definition) is 4. The van der Waals surface area contributed by atoms with Crippen molar-refractivity contribution >= 4 is 35.8 Å². The molecule has 0 unspecified atom stereocenters. The molecule has 2 heterocycles. The first kappa shape index (κ1) is 15.0. The van der Waals surface area contributed by atoms with Gasteiger partial charge in [0, 0.05) is 11.9 Å². The third-order valence-corrected chi connectivity index (χ3v) is 3.94.